The summed E-state index contributed by atoms with van der Waals surface area (Å²) in [4.78, 5) is 15.7. The normalized spacial score (nSPS) is 13.7. The number of carbonyl (C=O) groups excluding carboxylic acids is 1. The van der Waals surface area contributed by atoms with Gasteiger partial charge in [-0.15, -0.1) is 0 Å². The molecule has 0 radical (unpaired) electrons. The van der Waals surface area contributed by atoms with Crippen LogP contribution in [0.4, 0.5) is 5.69 Å². The number of ether oxygens (including phenoxy) is 1. The van der Waals surface area contributed by atoms with Gasteiger partial charge in [-0.2, -0.15) is 5.26 Å². The van der Waals surface area contributed by atoms with Crippen LogP contribution in [-0.4, -0.2) is 63.6 Å². The van der Waals surface area contributed by atoms with Gasteiger partial charge in [0.05, 0.1) is 24.4 Å². The second-order valence-electron chi connectivity index (χ2n) is 7.27. The van der Waals surface area contributed by atoms with Crippen molar-refractivity contribution in [2.24, 2.45) is 0 Å². The number of anilines is 1. The molecule has 0 bridgehead atoms. The Balaban J connectivity index is 0.000000537. The molecule has 1 heterocycles. The number of benzene rings is 2. The maximum Gasteiger partial charge on any atom is 0.209 e. The monoisotopic (exact) mass is 394 g/mol. The third kappa shape index (κ3) is 6.51. The van der Waals surface area contributed by atoms with Crippen LogP contribution >= 0.6 is 0 Å². The lowest BCUT2D eigenvalue weighted by Crippen LogP contribution is -2.46. The van der Waals surface area contributed by atoms with Crippen molar-refractivity contribution in [2.45, 2.75) is 13.5 Å². The first kappa shape index (κ1) is 22.3. The van der Waals surface area contributed by atoms with E-state index < -0.39 is 0 Å². The molecule has 1 amide bonds. The van der Waals surface area contributed by atoms with E-state index in [0.29, 0.717) is 5.56 Å². The Morgan fingerprint density at radius 2 is 1.76 bits per heavy atom. The largest absolute Gasteiger partial charge is 0.495 e. The molecule has 6 heteroatoms. The lowest BCUT2D eigenvalue weighted by molar-refractivity contribution is -0.115. The molecular weight excluding hydrogens is 364 g/mol. The Labute approximate surface area is 173 Å². The minimum atomic E-state index is 0.679. The molecule has 0 unspecified atom stereocenters. The highest BCUT2D eigenvalue weighted by Gasteiger charge is 2.20. The van der Waals surface area contributed by atoms with Crippen LogP contribution < -0.4 is 9.64 Å². The Hall–Kier alpha value is -3.04. The lowest BCUT2D eigenvalue weighted by atomic mass is 10.1. The number of nitriles is 1. The van der Waals surface area contributed by atoms with Gasteiger partial charge in [0, 0.05) is 52.9 Å². The third-order valence-corrected chi connectivity index (χ3v) is 4.82. The van der Waals surface area contributed by atoms with Gasteiger partial charge in [0.2, 0.25) is 6.41 Å². The van der Waals surface area contributed by atoms with Gasteiger partial charge in [-0.25, -0.2) is 0 Å². The summed E-state index contributed by atoms with van der Waals surface area (Å²) in [5.41, 5.74) is 4.13. The molecule has 0 N–H and O–H groups in total. The predicted molar refractivity (Wildman–Crippen MR) is 116 cm³/mol. The fraction of sp³-hybridized carbons (Fsp3) is 0.391. The summed E-state index contributed by atoms with van der Waals surface area (Å²) in [5.74, 6) is 0.786. The molecule has 154 valence electrons. The summed E-state index contributed by atoms with van der Waals surface area (Å²) in [6.07, 6.45) is 0.750. The number of amides is 1. The molecule has 2 aromatic carbocycles. The second kappa shape index (κ2) is 11.1. The van der Waals surface area contributed by atoms with Crippen molar-refractivity contribution in [2.75, 3.05) is 52.3 Å². The summed E-state index contributed by atoms with van der Waals surface area (Å²) in [6.45, 7) is 6.96. The molecule has 0 atom stereocenters. The Bertz CT molecular complexity index is 823. The Kier molecular flexibility index (Phi) is 8.50. The van der Waals surface area contributed by atoms with Crippen LogP contribution in [0.25, 0.3) is 0 Å². The molecule has 1 aliphatic heterocycles. The first-order valence-electron chi connectivity index (χ1n) is 9.70. The SMILES string of the molecule is CN(C)C=O.COc1cc(C#N)c(C)cc1N1CCN(Cc2ccccc2)CC1. The summed E-state index contributed by atoms with van der Waals surface area (Å²) in [5, 5.41) is 9.19. The number of rotatable bonds is 5. The number of piperazine rings is 1. The zero-order valence-electron chi connectivity index (χ0n) is 17.8. The van der Waals surface area contributed by atoms with Gasteiger partial charge < -0.3 is 14.5 Å². The van der Waals surface area contributed by atoms with E-state index in [9.17, 15) is 10.1 Å². The zero-order chi connectivity index (χ0) is 21.2. The van der Waals surface area contributed by atoms with E-state index in [2.05, 4.69) is 52.3 Å². The molecular formula is C23H30N4O2. The fourth-order valence-electron chi connectivity index (χ4n) is 3.19. The number of methoxy groups -OCH3 is 1. The van der Waals surface area contributed by atoms with E-state index in [0.717, 1.165) is 56.1 Å². The number of hydrogen-bond donors (Lipinski definition) is 0. The van der Waals surface area contributed by atoms with Gasteiger partial charge in [0.25, 0.3) is 0 Å². The van der Waals surface area contributed by atoms with E-state index in [1.165, 1.54) is 10.5 Å². The first-order chi connectivity index (χ1) is 14.0. The topological polar surface area (TPSA) is 59.8 Å². The number of hydrogen-bond acceptors (Lipinski definition) is 5. The van der Waals surface area contributed by atoms with Crippen LogP contribution in [0.5, 0.6) is 5.75 Å². The van der Waals surface area contributed by atoms with Crippen molar-refractivity contribution in [3.63, 3.8) is 0 Å². The van der Waals surface area contributed by atoms with E-state index in [1.807, 2.05) is 13.0 Å². The first-order valence-corrected chi connectivity index (χ1v) is 9.70. The number of nitrogens with zero attached hydrogens (tertiary/aromatic N) is 4. The van der Waals surface area contributed by atoms with Crippen molar-refractivity contribution in [1.29, 1.82) is 5.26 Å². The molecule has 3 rings (SSSR count). The van der Waals surface area contributed by atoms with Crippen LogP contribution in [0.1, 0.15) is 16.7 Å². The fourth-order valence-corrected chi connectivity index (χ4v) is 3.19. The summed E-state index contributed by atoms with van der Waals surface area (Å²) in [6, 6.07) is 16.8. The summed E-state index contributed by atoms with van der Waals surface area (Å²) < 4.78 is 5.51. The quantitative estimate of drug-likeness (QED) is 0.730. The summed E-state index contributed by atoms with van der Waals surface area (Å²) in [7, 11) is 5.04. The molecule has 0 saturated carbocycles. The Morgan fingerprint density at radius 3 is 2.28 bits per heavy atom. The molecule has 2 aromatic rings. The molecule has 1 fully saturated rings. The highest BCUT2D eigenvalue weighted by molar-refractivity contribution is 5.64. The van der Waals surface area contributed by atoms with Crippen LogP contribution in [0, 0.1) is 18.3 Å². The van der Waals surface area contributed by atoms with E-state index >= 15 is 0 Å². The van der Waals surface area contributed by atoms with Crippen molar-refractivity contribution < 1.29 is 9.53 Å². The van der Waals surface area contributed by atoms with Gasteiger partial charge in [0.15, 0.2) is 0 Å². The number of aryl methyl sites for hydroxylation is 1. The van der Waals surface area contributed by atoms with Gasteiger partial charge in [-0.3, -0.25) is 9.69 Å². The van der Waals surface area contributed by atoms with Crippen molar-refractivity contribution in [3.8, 4) is 11.8 Å². The summed E-state index contributed by atoms with van der Waals surface area (Å²) >= 11 is 0. The van der Waals surface area contributed by atoms with E-state index in [-0.39, 0.29) is 0 Å². The highest BCUT2D eigenvalue weighted by Crippen LogP contribution is 2.32. The molecule has 6 nitrogen and oxygen atoms in total. The van der Waals surface area contributed by atoms with Crippen LogP contribution in [0.3, 0.4) is 0 Å². The molecule has 29 heavy (non-hydrogen) atoms. The minimum Gasteiger partial charge on any atom is -0.495 e. The van der Waals surface area contributed by atoms with E-state index in [4.69, 9.17) is 4.74 Å². The molecule has 0 aromatic heterocycles. The van der Waals surface area contributed by atoms with Gasteiger partial charge in [-0.05, 0) is 24.1 Å². The predicted octanol–water partition coefficient (Wildman–Crippen LogP) is 2.90. The molecule has 1 saturated heterocycles. The van der Waals surface area contributed by atoms with Crippen LogP contribution in [-0.2, 0) is 11.3 Å². The van der Waals surface area contributed by atoms with E-state index in [1.54, 1.807) is 21.2 Å². The van der Waals surface area contributed by atoms with Crippen LogP contribution in [0.2, 0.25) is 0 Å². The maximum atomic E-state index is 9.43. The van der Waals surface area contributed by atoms with Crippen LogP contribution in [0.15, 0.2) is 42.5 Å². The smallest absolute Gasteiger partial charge is 0.209 e. The third-order valence-electron chi connectivity index (χ3n) is 4.82. The van der Waals surface area contributed by atoms with Crippen molar-refractivity contribution in [1.82, 2.24) is 9.80 Å². The lowest BCUT2D eigenvalue weighted by Gasteiger charge is -2.36. The van der Waals surface area contributed by atoms with Gasteiger partial charge in [-0.1, -0.05) is 30.3 Å². The molecule has 1 aliphatic rings. The number of carbonyl (C=O) groups is 1. The van der Waals surface area contributed by atoms with Gasteiger partial charge >= 0.3 is 0 Å². The van der Waals surface area contributed by atoms with Gasteiger partial charge in [0.1, 0.15) is 5.75 Å². The average molecular weight is 395 g/mol. The zero-order valence-corrected chi connectivity index (χ0v) is 17.8. The Morgan fingerprint density at radius 1 is 1.14 bits per heavy atom. The minimum absolute atomic E-state index is 0.679. The second-order valence-corrected chi connectivity index (χ2v) is 7.27. The van der Waals surface area contributed by atoms with Crippen molar-refractivity contribution >= 4 is 12.1 Å². The highest BCUT2D eigenvalue weighted by atomic mass is 16.5. The average Bonchev–Trinajstić information content (AvgIpc) is 2.75. The van der Waals surface area contributed by atoms with Crippen molar-refractivity contribution in [3.05, 3.63) is 59.2 Å². The standard InChI is InChI=1S/C20H23N3O.C3H7NO/c1-16-12-19(20(24-2)13-18(16)14-21)23-10-8-22(9-11-23)15-17-6-4-3-5-7-17;1-4(2)3-5/h3-7,12-13H,8-11,15H2,1-2H3;3H,1-2H3. The molecule has 0 aliphatic carbocycles. The molecule has 0 spiro atoms. The maximum absolute atomic E-state index is 9.43.